The molecule has 1 saturated heterocycles. The highest BCUT2D eigenvalue weighted by molar-refractivity contribution is 8.13. The maximum Gasteiger partial charge on any atom is 0.274 e. The number of unbranched alkanes of at least 4 members (excludes halogenated alkanes) is 3. The molecule has 0 radical (unpaired) electrons. The maximum atomic E-state index is 12.6. The Kier molecular flexibility index (Phi) is 23.3. The SMILES string of the molecule is CC/C=C\C/C=C\C/C=C\CCCCCC(=O)SCCNC(=O)CCNC(=O)[C@H](O)C(C)(C)COP(=O)([O-])OP(=O)([O-])OC[C@H]1O[C@@H](n2cnc3c(N)ncnc32)[C@H](O)[C@@H]1OP(=O)([O-])[O-]. The van der Waals surface area contributed by atoms with Crippen molar-refractivity contribution in [2.24, 2.45) is 5.41 Å². The van der Waals surface area contributed by atoms with Crippen LogP contribution >= 0.6 is 35.2 Å². The molecule has 3 rings (SSSR count). The first-order chi connectivity index (χ1) is 30.6. The predicted molar refractivity (Wildman–Crippen MR) is 228 cm³/mol. The Labute approximate surface area is 380 Å². The first-order valence-electron chi connectivity index (χ1n) is 20.5. The Balaban J connectivity index is 1.34. The van der Waals surface area contributed by atoms with Crippen LogP contribution in [-0.4, -0.2) is 103 Å². The highest BCUT2D eigenvalue weighted by Crippen LogP contribution is 2.56. The van der Waals surface area contributed by atoms with E-state index in [1.165, 1.54) is 13.8 Å². The van der Waals surface area contributed by atoms with E-state index in [1.807, 2.05) is 0 Å². The van der Waals surface area contributed by atoms with Gasteiger partial charge in [0.1, 0.15) is 36.3 Å². The number of amides is 2. The molecular weight excluding hydrogens is 939 g/mol. The molecule has 3 heterocycles. The Hall–Kier alpha value is -3.22. The van der Waals surface area contributed by atoms with Crippen molar-refractivity contribution in [2.45, 2.75) is 109 Å². The third-order valence-corrected chi connectivity index (χ3v) is 13.2. The second-order valence-electron chi connectivity index (χ2n) is 15.1. The Morgan fingerprint density at radius 2 is 1.63 bits per heavy atom. The fourth-order valence-corrected chi connectivity index (χ4v) is 9.34. The number of nitrogens with two attached hydrogens (primary N) is 1. The van der Waals surface area contributed by atoms with Crippen molar-refractivity contribution in [1.29, 1.82) is 0 Å². The average Bonchev–Trinajstić information content (AvgIpc) is 3.79. The number of aromatic nitrogens is 4. The molecule has 0 aromatic carbocycles. The topological polar surface area (TPSA) is 375 Å². The number of ether oxygens (including phenoxy) is 1. The summed E-state index contributed by atoms with van der Waals surface area (Å²) < 4.78 is 60.7. The normalized spacial score (nSPS) is 20.7. The predicted octanol–water partition coefficient (Wildman–Crippen LogP) is 0.946. The van der Waals surface area contributed by atoms with Gasteiger partial charge >= 0.3 is 0 Å². The molecule has 1 aliphatic heterocycles. The summed E-state index contributed by atoms with van der Waals surface area (Å²) in [6, 6.07) is 0. The van der Waals surface area contributed by atoms with Gasteiger partial charge in [-0.1, -0.05) is 75.4 Å². The summed E-state index contributed by atoms with van der Waals surface area (Å²) >= 11 is 1.12. The number of thioether (sulfide) groups is 1. The van der Waals surface area contributed by atoms with Crippen LogP contribution in [0.1, 0.15) is 84.8 Å². The highest BCUT2D eigenvalue weighted by atomic mass is 32.2. The first kappa shape index (κ1) is 56.1. The third-order valence-electron chi connectivity index (χ3n) is 9.27. The molecule has 1 aliphatic rings. The van der Waals surface area contributed by atoms with Crippen LogP contribution in [0.15, 0.2) is 49.1 Å². The molecule has 2 unspecified atom stereocenters. The molecule has 0 bridgehead atoms. The molecule has 2 amide bonds. The minimum atomic E-state index is -5.92. The molecule has 0 spiro atoms. The van der Waals surface area contributed by atoms with Crippen molar-refractivity contribution in [1.82, 2.24) is 30.2 Å². The lowest BCUT2D eigenvalue weighted by Gasteiger charge is -2.36. The number of hydrogen-bond donors (Lipinski definition) is 5. The van der Waals surface area contributed by atoms with Crippen LogP contribution in [0.3, 0.4) is 0 Å². The van der Waals surface area contributed by atoms with Gasteiger partial charge in [-0.25, -0.2) is 19.3 Å². The number of rotatable bonds is 30. The molecule has 366 valence electrons. The largest absolute Gasteiger partial charge is 0.790 e. The van der Waals surface area contributed by atoms with Crippen LogP contribution in [0.25, 0.3) is 11.2 Å². The number of nitrogen functional groups attached to an aromatic ring is 1. The van der Waals surface area contributed by atoms with E-state index in [1.54, 1.807) is 0 Å². The van der Waals surface area contributed by atoms with E-state index in [4.69, 9.17) is 10.5 Å². The zero-order valence-corrected chi connectivity index (χ0v) is 39.5. The van der Waals surface area contributed by atoms with Crippen LogP contribution in [0.5, 0.6) is 0 Å². The molecule has 0 saturated carbocycles. The molecular formula is C37H56N7O17P3S-4. The second-order valence-corrected chi connectivity index (χ2v) is 20.3. The van der Waals surface area contributed by atoms with Crippen molar-refractivity contribution in [3.63, 3.8) is 0 Å². The molecule has 2 aromatic rings. The second kappa shape index (κ2) is 26.9. The van der Waals surface area contributed by atoms with Crippen LogP contribution in [0.4, 0.5) is 5.82 Å². The number of carbonyl (C=O) groups excluding carboxylic acids is 3. The van der Waals surface area contributed by atoms with E-state index in [-0.39, 0.29) is 41.6 Å². The average molecular weight is 996 g/mol. The lowest BCUT2D eigenvalue weighted by molar-refractivity contribution is -0.347. The quantitative estimate of drug-likeness (QED) is 0.0413. The van der Waals surface area contributed by atoms with E-state index in [0.29, 0.717) is 12.2 Å². The van der Waals surface area contributed by atoms with Crippen LogP contribution in [0, 0.1) is 5.41 Å². The van der Waals surface area contributed by atoms with Gasteiger partial charge in [-0.2, -0.15) is 0 Å². The summed E-state index contributed by atoms with van der Waals surface area (Å²) in [5.41, 5.74) is 4.08. The number of carbonyl (C=O) groups is 3. The van der Waals surface area contributed by atoms with Crippen molar-refractivity contribution >= 4 is 69.1 Å². The van der Waals surface area contributed by atoms with Gasteiger partial charge in [-0.3, -0.25) is 28.1 Å². The summed E-state index contributed by atoms with van der Waals surface area (Å²) in [5, 5.41) is 26.4. The lowest BCUT2D eigenvalue weighted by Crippen LogP contribution is -2.46. The summed E-state index contributed by atoms with van der Waals surface area (Å²) in [4.78, 5) is 96.7. The van der Waals surface area contributed by atoms with Crippen molar-refractivity contribution in [2.75, 3.05) is 37.8 Å². The standard InChI is InChI=1S/C37H60N7O17P3S/c1-4-5-6-7-8-9-10-11-12-13-14-15-16-17-28(46)65-21-20-39-27(45)18-19-40-35(49)32(48)37(2,3)23-58-64(55,56)61-63(53,54)57-22-26-31(60-62(50,51)52)30(47)36(59-26)44-25-43-29-33(38)41-24-42-34(29)44/h5-6,8-9,11-12,24-26,30-32,36,47-48H,4,7,10,13-23H2,1-3H3,(H,39,45)(H,40,49)(H,53,54)(H,55,56)(H2,38,41,42)(H2,50,51,52)/p-4/b6-5-,9-8-,12-11-/t26-,30-,31-,32+,36-/m1/s1. The highest BCUT2D eigenvalue weighted by Gasteiger charge is 2.47. The zero-order valence-electron chi connectivity index (χ0n) is 36.0. The van der Waals surface area contributed by atoms with Gasteiger partial charge in [0.05, 0.1) is 27.4 Å². The molecule has 1 fully saturated rings. The molecule has 28 heteroatoms. The molecule has 24 nitrogen and oxygen atoms in total. The number of nitrogens with zero attached hydrogens (tertiary/aromatic N) is 4. The van der Waals surface area contributed by atoms with Gasteiger partial charge in [0.15, 0.2) is 22.8 Å². The van der Waals surface area contributed by atoms with Crippen molar-refractivity contribution in [3.8, 4) is 0 Å². The lowest BCUT2D eigenvalue weighted by atomic mass is 9.87. The summed E-state index contributed by atoms with van der Waals surface area (Å²) in [6.07, 6.45) is 12.2. The van der Waals surface area contributed by atoms with Crippen LogP contribution in [-0.2, 0) is 50.7 Å². The maximum absolute atomic E-state index is 12.6. The van der Waals surface area contributed by atoms with Crippen LogP contribution < -0.4 is 35.9 Å². The van der Waals surface area contributed by atoms with Gasteiger partial charge < -0.3 is 69.0 Å². The minimum absolute atomic E-state index is 0.0208. The molecule has 65 heavy (non-hydrogen) atoms. The number of fused-ring (bicyclic) bond motifs is 1. The summed E-state index contributed by atoms with van der Waals surface area (Å²) in [7, 11) is -17.6. The number of nitrogens with one attached hydrogen (secondary N) is 2. The van der Waals surface area contributed by atoms with Gasteiger partial charge in [0.25, 0.3) is 15.6 Å². The van der Waals surface area contributed by atoms with E-state index in [2.05, 4.69) is 86.8 Å². The number of anilines is 1. The molecule has 0 aliphatic carbocycles. The van der Waals surface area contributed by atoms with Crippen molar-refractivity contribution in [3.05, 3.63) is 49.1 Å². The van der Waals surface area contributed by atoms with Gasteiger partial charge in [0, 0.05) is 37.1 Å². The van der Waals surface area contributed by atoms with Gasteiger partial charge in [0.2, 0.25) is 11.8 Å². The third kappa shape index (κ3) is 20.3. The number of imidazole rings is 1. The Morgan fingerprint density at radius 3 is 2.32 bits per heavy atom. The number of phosphoric ester groups is 3. The summed E-state index contributed by atoms with van der Waals surface area (Å²) in [5.74, 6) is -1.17. The fraction of sp³-hybridized carbons (Fsp3) is 0.622. The zero-order chi connectivity index (χ0) is 48.3. The Bertz CT molecular complexity index is 2100. The molecule has 6 N–H and O–H groups in total. The van der Waals surface area contributed by atoms with Gasteiger partial charge in [-0.15, -0.1) is 0 Å². The fourth-order valence-electron chi connectivity index (χ4n) is 5.88. The van der Waals surface area contributed by atoms with Crippen LogP contribution in [0.2, 0.25) is 0 Å². The Morgan fingerprint density at radius 1 is 0.954 bits per heavy atom. The minimum Gasteiger partial charge on any atom is -0.790 e. The number of aliphatic hydroxyl groups excluding tert-OH is 2. The summed E-state index contributed by atoms with van der Waals surface area (Å²) in [6.45, 7) is 2.23. The number of allylic oxidation sites excluding steroid dienone is 6. The van der Waals surface area contributed by atoms with Gasteiger partial charge in [-0.05, 0) is 38.5 Å². The smallest absolute Gasteiger partial charge is 0.274 e. The van der Waals surface area contributed by atoms with E-state index in [0.717, 1.165) is 73.9 Å². The monoisotopic (exact) mass is 995 g/mol. The van der Waals surface area contributed by atoms with E-state index >= 15 is 0 Å². The first-order valence-corrected chi connectivity index (χ1v) is 25.8. The van der Waals surface area contributed by atoms with E-state index < -0.39 is 84.6 Å². The number of aliphatic hydroxyl groups is 2. The molecule has 2 aromatic heterocycles. The number of phosphoric acid groups is 3. The number of hydrogen-bond acceptors (Lipinski definition) is 22. The molecule has 7 atom stereocenters. The van der Waals surface area contributed by atoms with Crippen molar-refractivity contribution < 1.29 is 80.5 Å². The van der Waals surface area contributed by atoms with E-state index in [9.17, 15) is 57.9 Å².